The van der Waals surface area contributed by atoms with Crippen molar-refractivity contribution in [3.63, 3.8) is 0 Å². The lowest BCUT2D eigenvalue weighted by Crippen LogP contribution is -2.39. The number of carboxylic acid groups (broad SMARTS) is 1. The molecule has 1 aromatic rings. The lowest BCUT2D eigenvalue weighted by Gasteiger charge is -2.32. The van der Waals surface area contributed by atoms with E-state index in [-0.39, 0.29) is 5.78 Å². The largest absolute Gasteiger partial charge is 0.481 e. The van der Waals surface area contributed by atoms with Gasteiger partial charge in [0, 0.05) is 25.2 Å². The van der Waals surface area contributed by atoms with Gasteiger partial charge in [-0.2, -0.15) is 0 Å². The number of aliphatic carboxylic acids is 1. The Hall–Kier alpha value is -1.71. The molecule has 0 unspecified atom stereocenters. The highest BCUT2D eigenvalue weighted by atomic mass is 16.4. The van der Waals surface area contributed by atoms with Crippen LogP contribution in [0.15, 0.2) is 18.5 Å². The van der Waals surface area contributed by atoms with E-state index in [1.807, 2.05) is 13.0 Å². The molecule has 90 valence electrons. The third-order valence-corrected chi connectivity index (χ3v) is 3.50. The fourth-order valence-corrected chi connectivity index (χ4v) is 2.40. The van der Waals surface area contributed by atoms with E-state index in [0.29, 0.717) is 25.7 Å². The minimum absolute atomic E-state index is 0.155. The average molecular weight is 233 g/mol. The molecular weight excluding hydrogens is 218 g/mol. The molecule has 1 aliphatic rings. The molecule has 0 radical (unpaired) electrons. The van der Waals surface area contributed by atoms with Crippen LogP contribution >= 0.6 is 0 Å². The number of aromatic nitrogens is 1. The van der Waals surface area contributed by atoms with E-state index in [1.54, 1.807) is 12.4 Å². The Morgan fingerprint density at radius 1 is 1.35 bits per heavy atom. The Morgan fingerprint density at radius 2 is 2.00 bits per heavy atom. The summed E-state index contributed by atoms with van der Waals surface area (Å²) in [7, 11) is 0. The molecule has 1 heterocycles. The predicted octanol–water partition coefficient (Wildman–Crippen LogP) is 1.86. The SMILES string of the molecule is Cc1cncc(C2(C(=O)O)CCC(=O)CC2)c1. The number of pyridine rings is 1. The third-order valence-electron chi connectivity index (χ3n) is 3.50. The minimum atomic E-state index is -0.924. The number of carbonyl (C=O) groups excluding carboxylic acids is 1. The fraction of sp³-hybridized carbons (Fsp3) is 0.462. The summed E-state index contributed by atoms with van der Waals surface area (Å²) >= 11 is 0. The zero-order chi connectivity index (χ0) is 12.5. The second-order valence-corrected chi connectivity index (χ2v) is 4.68. The lowest BCUT2D eigenvalue weighted by atomic mass is 9.69. The number of hydrogen-bond acceptors (Lipinski definition) is 3. The van der Waals surface area contributed by atoms with E-state index < -0.39 is 11.4 Å². The number of carbonyl (C=O) groups is 2. The molecule has 0 aliphatic heterocycles. The first-order valence-corrected chi connectivity index (χ1v) is 5.72. The van der Waals surface area contributed by atoms with Crippen molar-refractivity contribution in [2.75, 3.05) is 0 Å². The van der Waals surface area contributed by atoms with Gasteiger partial charge in [0.25, 0.3) is 0 Å². The van der Waals surface area contributed by atoms with Crippen molar-refractivity contribution in [3.8, 4) is 0 Å². The Bertz CT molecular complexity index is 457. The van der Waals surface area contributed by atoms with Crippen LogP contribution in [0.2, 0.25) is 0 Å². The smallest absolute Gasteiger partial charge is 0.314 e. The fourth-order valence-electron chi connectivity index (χ4n) is 2.40. The molecule has 1 N–H and O–H groups in total. The van der Waals surface area contributed by atoms with E-state index in [4.69, 9.17) is 0 Å². The number of Topliss-reactive ketones (excluding diaryl/α,β-unsaturated/α-hetero) is 1. The molecule has 4 heteroatoms. The summed E-state index contributed by atoms with van der Waals surface area (Å²) in [5, 5.41) is 9.48. The zero-order valence-corrected chi connectivity index (χ0v) is 9.77. The first-order valence-electron chi connectivity index (χ1n) is 5.72. The standard InChI is InChI=1S/C13H15NO3/c1-9-6-10(8-14-7-9)13(12(16)17)4-2-11(15)3-5-13/h6-8H,2-5H2,1H3,(H,16,17). The van der Waals surface area contributed by atoms with Crippen molar-refractivity contribution in [2.24, 2.45) is 0 Å². The van der Waals surface area contributed by atoms with Gasteiger partial charge in [0.2, 0.25) is 0 Å². The second-order valence-electron chi connectivity index (χ2n) is 4.68. The molecule has 0 spiro atoms. The van der Waals surface area contributed by atoms with Gasteiger partial charge in [-0.05, 0) is 30.9 Å². The van der Waals surface area contributed by atoms with Crippen molar-refractivity contribution in [1.29, 1.82) is 0 Å². The zero-order valence-electron chi connectivity index (χ0n) is 9.77. The summed E-state index contributed by atoms with van der Waals surface area (Å²) in [6.07, 6.45) is 4.77. The highest BCUT2D eigenvalue weighted by Gasteiger charge is 2.43. The van der Waals surface area contributed by atoms with E-state index in [0.717, 1.165) is 11.1 Å². The molecule has 4 nitrogen and oxygen atoms in total. The van der Waals surface area contributed by atoms with Gasteiger partial charge in [-0.3, -0.25) is 14.6 Å². The summed E-state index contributed by atoms with van der Waals surface area (Å²) < 4.78 is 0. The molecule has 1 aliphatic carbocycles. The summed E-state index contributed by atoms with van der Waals surface area (Å²) in [4.78, 5) is 26.9. The molecule has 1 saturated carbocycles. The summed E-state index contributed by atoms with van der Waals surface area (Å²) in [5.41, 5.74) is 0.741. The summed E-state index contributed by atoms with van der Waals surface area (Å²) in [6, 6.07) is 1.86. The van der Waals surface area contributed by atoms with Crippen LogP contribution in [0.5, 0.6) is 0 Å². The van der Waals surface area contributed by atoms with Crippen molar-refractivity contribution >= 4 is 11.8 Å². The van der Waals surface area contributed by atoms with Crippen LogP contribution in [-0.2, 0) is 15.0 Å². The third kappa shape index (κ3) is 2.07. The van der Waals surface area contributed by atoms with Crippen LogP contribution in [0.25, 0.3) is 0 Å². The van der Waals surface area contributed by atoms with Crippen LogP contribution in [0.1, 0.15) is 36.8 Å². The van der Waals surface area contributed by atoms with Gasteiger partial charge < -0.3 is 5.11 Å². The maximum absolute atomic E-state index is 11.6. The van der Waals surface area contributed by atoms with Crippen LogP contribution in [0.4, 0.5) is 0 Å². The van der Waals surface area contributed by atoms with E-state index >= 15 is 0 Å². The van der Waals surface area contributed by atoms with E-state index in [2.05, 4.69) is 4.98 Å². The van der Waals surface area contributed by atoms with Crippen LogP contribution in [0, 0.1) is 6.92 Å². The van der Waals surface area contributed by atoms with Crippen LogP contribution < -0.4 is 0 Å². The van der Waals surface area contributed by atoms with Crippen LogP contribution in [-0.4, -0.2) is 21.8 Å². The van der Waals surface area contributed by atoms with Gasteiger partial charge in [-0.1, -0.05) is 6.07 Å². The number of nitrogens with zero attached hydrogens (tertiary/aromatic N) is 1. The maximum atomic E-state index is 11.6. The number of hydrogen-bond donors (Lipinski definition) is 1. The number of carboxylic acids is 1. The molecule has 0 amide bonds. The quantitative estimate of drug-likeness (QED) is 0.846. The van der Waals surface area contributed by atoms with Crippen molar-refractivity contribution in [3.05, 3.63) is 29.6 Å². The molecule has 1 fully saturated rings. The highest BCUT2D eigenvalue weighted by molar-refractivity contribution is 5.87. The van der Waals surface area contributed by atoms with Gasteiger partial charge in [-0.25, -0.2) is 0 Å². The lowest BCUT2D eigenvalue weighted by molar-refractivity contribution is -0.146. The van der Waals surface area contributed by atoms with Gasteiger partial charge in [0.1, 0.15) is 5.78 Å². The number of rotatable bonds is 2. The normalized spacial score (nSPS) is 19.0. The monoisotopic (exact) mass is 233 g/mol. The Kier molecular flexibility index (Phi) is 2.96. The summed E-state index contributed by atoms with van der Waals surface area (Å²) in [5.74, 6) is -0.695. The number of ketones is 1. The minimum Gasteiger partial charge on any atom is -0.481 e. The second kappa shape index (κ2) is 4.28. The Labute approximate surface area is 99.7 Å². The van der Waals surface area contributed by atoms with E-state index in [9.17, 15) is 14.7 Å². The average Bonchev–Trinajstić information content (AvgIpc) is 2.30. The molecule has 0 bridgehead atoms. The van der Waals surface area contributed by atoms with Gasteiger partial charge in [0.05, 0.1) is 5.41 Å². The number of aryl methyl sites for hydroxylation is 1. The Balaban J connectivity index is 2.41. The molecule has 2 rings (SSSR count). The van der Waals surface area contributed by atoms with Crippen LogP contribution in [0.3, 0.4) is 0 Å². The Morgan fingerprint density at radius 3 is 2.53 bits per heavy atom. The van der Waals surface area contributed by atoms with Crippen molar-refractivity contribution in [2.45, 2.75) is 38.0 Å². The predicted molar refractivity (Wildman–Crippen MR) is 61.8 cm³/mol. The first-order chi connectivity index (χ1) is 8.04. The molecular formula is C13H15NO3. The highest BCUT2D eigenvalue weighted by Crippen LogP contribution is 2.38. The molecule has 0 atom stereocenters. The molecule has 0 aromatic carbocycles. The first kappa shape index (κ1) is 11.8. The van der Waals surface area contributed by atoms with Gasteiger partial charge >= 0.3 is 5.97 Å². The topological polar surface area (TPSA) is 67.3 Å². The molecule has 0 saturated heterocycles. The van der Waals surface area contributed by atoms with Gasteiger partial charge in [-0.15, -0.1) is 0 Å². The molecule has 17 heavy (non-hydrogen) atoms. The molecule has 1 aromatic heterocycles. The van der Waals surface area contributed by atoms with E-state index in [1.165, 1.54) is 0 Å². The van der Waals surface area contributed by atoms with Gasteiger partial charge in [0.15, 0.2) is 0 Å². The van der Waals surface area contributed by atoms with Crippen molar-refractivity contribution < 1.29 is 14.7 Å². The summed E-state index contributed by atoms with van der Waals surface area (Å²) in [6.45, 7) is 1.89. The van der Waals surface area contributed by atoms with Crippen molar-refractivity contribution in [1.82, 2.24) is 4.98 Å². The maximum Gasteiger partial charge on any atom is 0.314 e.